The smallest absolute Gasteiger partial charge is 0.220 e. The first-order chi connectivity index (χ1) is 9.44. The van der Waals surface area contributed by atoms with E-state index in [4.69, 9.17) is 4.74 Å². The number of rotatable bonds is 5. The van der Waals surface area contributed by atoms with E-state index in [-0.39, 0.29) is 17.4 Å². The lowest BCUT2D eigenvalue weighted by Gasteiger charge is -2.32. The number of carbonyl (C=O) groups excluding carboxylic acids is 1. The maximum Gasteiger partial charge on any atom is 0.220 e. The normalized spacial score (nSPS) is 25.9. The monoisotopic (exact) mass is 275 g/mol. The van der Waals surface area contributed by atoms with E-state index in [9.17, 15) is 4.79 Å². The molecule has 0 aliphatic carbocycles. The Balaban J connectivity index is 2.22. The molecule has 1 aromatic carbocycles. The second-order valence-electron chi connectivity index (χ2n) is 6.57. The summed E-state index contributed by atoms with van der Waals surface area (Å²) in [6.07, 6.45) is 2.49. The number of para-hydroxylation sites is 1. The van der Waals surface area contributed by atoms with E-state index in [1.165, 1.54) is 5.56 Å². The van der Waals surface area contributed by atoms with Crippen LogP contribution in [0.3, 0.4) is 0 Å². The van der Waals surface area contributed by atoms with Gasteiger partial charge in [-0.3, -0.25) is 4.79 Å². The molecule has 1 aliphatic heterocycles. The van der Waals surface area contributed by atoms with Gasteiger partial charge >= 0.3 is 0 Å². The average molecular weight is 275 g/mol. The fourth-order valence-corrected chi connectivity index (χ4v) is 3.19. The van der Waals surface area contributed by atoms with Crippen molar-refractivity contribution in [3.63, 3.8) is 0 Å². The van der Waals surface area contributed by atoms with Gasteiger partial charge in [-0.25, -0.2) is 0 Å². The van der Waals surface area contributed by atoms with E-state index in [0.29, 0.717) is 12.3 Å². The predicted molar refractivity (Wildman–Crippen MR) is 80.8 cm³/mol. The second-order valence-corrected chi connectivity index (χ2v) is 6.57. The Morgan fingerprint density at radius 2 is 2.10 bits per heavy atom. The first kappa shape index (κ1) is 14.9. The van der Waals surface area contributed by atoms with Gasteiger partial charge in [-0.15, -0.1) is 0 Å². The molecule has 2 unspecified atom stereocenters. The molecule has 0 saturated carbocycles. The number of amides is 1. The Bertz CT molecular complexity index is 484. The highest BCUT2D eigenvalue weighted by atomic mass is 16.5. The molecule has 1 aliphatic rings. The molecule has 2 rings (SSSR count). The van der Waals surface area contributed by atoms with Crippen molar-refractivity contribution in [2.24, 2.45) is 11.3 Å². The molecule has 20 heavy (non-hydrogen) atoms. The minimum atomic E-state index is -0.0318. The number of nitrogens with one attached hydrogen (secondary N) is 1. The maximum atomic E-state index is 11.9. The molecule has 1 N–H and O–H groups in total. The Labute approximate surface area is 121 Å². The van der Waals surface area contributed by atoms with Crippen molar-refractivity contribution >= 4 is 5.91 Å². The highest BCUT2D eigenvalue weighted by Crippen LogP contribution is 2.39. The lowest BCUT2D eigenvalue weighted by molar-refractivity contribution is -0.119. The number of ether oxygens (including phenoxy) is 1. The highest BCUT2D eigenvalue weighted by Gasteiger charge is 2.43. The summed E-state index contributed by atoms with van der Waals surface area (Å²) >= 11 is 0. The van der Waals surface area contributed by atoms with E-state index in [0.717, 1.165) is 18.6 Å². The van der Waals surface area contributed by atoms with Gasteiger partial charge in [0.25, 0.3) is 0 Å². The lowest BCUT2D eigenvalue weighted by Crippen LogP contribution is -2.37. The van der Waals surface area contributed by atoms with Gasteiger partial charge in [-0.1, -0.05) is 39.0 Å². The molecule has 0 spiro atoms. The standard InChI is InChI=1S/C17H25NO2/c1-12(2)9-15-17(3,11-16(19)18-15)10-13-7-5-6-8-14(13)20-4/h5-8,12,15H,9-11H2,1-4H3,(H,18,19). The van der Waals surface area contributed by atoms with Gasteiger partial charge in [0, 0.05) is 17.9 Å². The van der Waals surface area contributed by atoms with Gasteiger partial charge in [0.1, 0.15) is 5.75 Å². The molecule has 1 saturated heterocycles. The Morgan fingerprint density at radius 1 is 1.40 bits per heavy atom. The molecule has 3 nitrogen and oxygen atoms in total. The minimum absolute atomic E-state index is 0.0318. The molecule has 1 amide bonds. The molecule has 110 valence electrons. The number of benzene rings is 1. The Hall–Kier alpha value is -1.51. The van der Waals surface area contributed by atoms with Crippen LogP contribution in [0.2, 0.25) is 0 Å². The minimum Gasteiger partial charge on any atom is -0.496 e. The van der Waals surface area contributed by atoms with Gasteiger partial charge in [-0.05, 0) is 30.4 Å². The van der Waals surface area contributed by atoms with Crippen molar-refractivity contribution in [1.29, 1.82) is 0 Å². The lowest BCUT2D eigenvalue weighted by atomic mass is 9.74. The van der Waals surface area contributed by atoms with Crippen LogP contribution in [0.4, 0.5) is 0 Å². The molecule has 0 bridgehead atoms. The van der Waals surface area contributed by atoms with Crippen LogP contribution in [-0.2, 0) is 11.2 Å². The van der Waals surface area contributed by atoms with E-state index in [1.54, 1.807) is 7.11 Å². The quantitative estimate of drug-likeness (QED) is 0.896. The molecule has 2 atom stereocenters. The first-order valence-electron chi connectivity index (χ1n) is 7.36. The molecular weight excluding hydrogens is 250 g/mol. The summed E-state index contributed by atoms with van der Waals surface area (Å²) in [7, 11) is 1.70. The third-order valence-corrected chi connectivity index (χ3v) is 4.23. The zero-order chi connectivity index (χ0) is 14.8. The van der Waals surface area contributed by atoms with Crippen molar-refractivity contribution in [3.05, 3.63) is 29.8 Å². The van der Waals surface area contributed by atoms with Crippen LogP contribution < -0.4 is 10.1 Å². The van der Waals surface area contributed by atoms with Crippen molar-refractivity contribution in [2.75, 3.05) is 7.11 Å². The highest BCUT2D eigenvalue weighted by molar-refractivity contribution is 5.80. The third-order valence-electron chi connectivity index (χ3n) is 4.23. The second kappa shape index (κ2) is 5.86. The molecule has 1 fully saturated rings. The van der Waals surface area contributed by atoms with Crippen LogP contribution in [0, 0.1) is 11.3 Å². The largest absolute Gasteiger partial charge is 0.496 e. The average Bonchev–Trinajstić information content (AvgIpc) is 2.63. The topological polar surface area (TPSA) is 38.3 Å². The van der Waals surface area contributed by atoms with Crippen molar-refractivity contribution in [1.82, 2.24) is 5.32 Å². The molecule has 0 aromatic heterocycles. The zero-order valence-electron chi connectivity index (χ0n) is 12.9. The summed E-state index contributed by atoms with van der Waals surface area (Å²) in [5.74, 6) is 1.67. The van der Waals surface area contributed by atoms with E-state index >= 15 is 0 Å². The van der Waals surface area contributed by atoms with E-state index in [1.807, 2.05) is 18.2 Å². The van der Waals surface area contributed by atoms with Crippen LogP contribution in [-0.4, -0.2) is 19.1 Å². The van der Waals surface area contributed by atoms with Crippen LogP contribution >= 0.6 is 0 Å². The SMILES string of the molecule is COc1ccccc1CC1(C)CC(=O)NC1CC(C)C. The number of methoxy groups -OCH3 is 1. The van der Waals surface area contributed by atoms with Crippen molar-refractivity contribution in [3.8, 4) is 5.75 Å². The van der Waals surface area contributed by atoms with Crippen LogP contribution in [0.25, 0.3) is 0 Å². The summed E-state index contributed by atoms with van der Waals surface area (Å²) < 4.78 is 5.44. The summed E-state index contributed by atoms with van der Waals surface area (Å²) in [4.78, 5) is 11.9. The number of hydrogen-bond donors (Lipinski definition) is 1. The molecule has 3 heteroatoms. The molecular formula is C17H25NO2. The van der Waals surface area contributed by atoms with E-state index < -0.39 is 0 Å². The molecule has 0 radical (unpaired) electrons. The summed E-state index contributed by atoms with van der Waals surface area (Å²) in [6, 6.07) is 8.34. The predicted octanol–water partition coefficient (Wildman–Crippen LogP) is 3.18. The van der Waals surface area contributed by atoms with Crippen LogP contribution in [0.15, 0.2) is 24.3 Å². The van der Waals surface area contributed by atoms with Gasteiger partial charge in [0.2, 0.25) is 5.91 Å². The number of hydrogen-bond acceptors (Lipinski definition) is 2. The third kappa shape index (κ3) is 3.14. The Morgan fingerprint density at radius 3 is 2.75 bits per heavy atom. The van der Waals surface area contributed by atoms with Gasteiger partial charge in [0.15, 0.2) is 0 Å². The van der Waals surface area contributed by atoms with Gasteiger partial charge < -0.3 is 10.1 Å². The summed E-state index contributed by atoms with van der Waals surface area (Å²) in [5.41, 5.74) is 1.15. The van der Waals surface area contributed by atoms with Crippen molar-refractivity contribution < 1.29 is 9.53 Å². The summed E-state index contributed by atoms with van der Waals surface area (Å²) in [6.45, 7) is 6.62. The molecule has 1 heterocycles. The van der Waals surface area contributed by atoms with Crippen molar-refractivity contribution in [2.45, 2.75) is 46.1 Å². The van der Waals surface area contributed by atoms with Gasteiger partial charge in [-0.2, -0.15) is 0 Å². The maximum absolute atomic E-state index is 11.9. The van der Waals surface area contributed by atoms with Gasteiger partial charge in [0.05, 0.1) is 7.11 Å². The molecule has 1 aromatic rings. The first-order valence-corrected chi connectivity index (χ1v) is 7.36. The fraction of sp³-hybridized carbons (Fsp3) is 0.588. The number of carbonyl (C=O) groups is 1. The zero-order valence-corrected chi connectivity index (χ0v) is 12.9. The van der Waals surface area contributed by atoms with Crippen LogP contribution in [0.5, 0.6) is 5.75 Å². The fourth-order valence-electron chi connectivity index (χ4n) is 3.19. The summed E-state index contributed by atoms with van der Waals surface area (Å²) in [5, 5.41) is 3.15. The van der Waals surface area contributed by atoms with E-state index in [2.05, 4.69) is 32.2 Å². The Kier molecular flexibility index (Phi) is 4.36. The van der Waals surface area contributed by atoms with Crippen LogP contribution in [0.1, 0.15) is 39.2 Å².